The van der Waals surface area contributed by atoms with Gasteiger partial charge in [0.25, 0.3) is 0 Å². The number of rotatable bonds is 6. The van der Waals surface area contributed by atoms with Gasteiger partial charge >= 0.3 is 0 Å². The molecule has 0 aliphatic heterocycles. The van der Waals surface area contributed by atoms with Crippen LogP contribution in [0.15, 0.2) is 5.16 Å². The van der Waals surface area contributed by atoms with Gasteiger partial charge in [-0.3, -0.25) is 0 Å². The third-order valence-electron chi connectivity index (χ3n) is 2.83. The maximum absolute atomic E-state index is 9.85. The fourth-order valence-electron chi connectivity index (χ4n) is 0.937. The van der Waals surface area contributed by atoms with Gasteiger partial charge in [-0.05, 0) is 40.7 Å². The Kier molecular flexibility index (Phi) is 5.03. The average Bonchev–Trinajstić information content (AvgIpc) is 2.10. The Morgan fingerprint density at radius 1 is 1.33 bits per heavy atom. The lowest BCUT2D eigenvalue weighted by Crippen LogP contribution is -2.56. The summed E-state index contributed by atoms with van der Waals surface area (Å²) in [5.41, 5.74) is 4.18. The maximum Gasteiger partial charge on any atom is 0.139 e. The van der Waals surface area contributed by atoms with Gasteiger partial charge in [0, 0.05) is 12.0 Å². The Bertz CT molecular complexity index is 219. The molecule has 15 heavy (non-hydrogen) atoms. The summed E-state index contributed by atoms with van der Waals surface area (Å²) >= 11 is 0. The largest absolute Gasteiger partial charge is 0.409 e. The Morgan fingerprint density at radius 2 is 1.87 bits per heavy atom. The summed E-state index contributed by atoms with van der Waals surface area (Å²) in [4.78, 5) is 0. The van der Waals surface area contributed by atoms with Crippen molar-refractivity contribution in [1.29, 1.82) is 0 Å². The third kappa shape index (κ3) is 4.99. The van der Waals surface area contributed by atoms with Gasteiger partial charge in [0.2, 0.25) is 0 Å². The van der Waals surface area contributed by atoms with E-state index in [0.29, 0.717) is 13.0 Å². The van der Waals surface area contributed by atoms with Crippen molar-refractivity contribution in [2.75, 3.05) is 6.54 Å². The molecule has 0 atom stereocenters. The highest BCUT2D eigenvalue weighted by Gasteiger charge is 2.33. The molecule has 0 spiro atoms. The van der Waals surface area contributed by atoms with E-state index in [9.17, 15) is 5.11 Å². The van der Waals surface area contributed by atoms with Crippen molar-refractivity contribution >= 4 is 5.84 Å². The van der Waals surface area contributed by atoms with Gasteiger partial charge in [0.15, 0.2) is 0 Å². The first kappa shape index (κ1) is 14.2. The van der Waals surface area contributed by atoms with E-state index in [1.54, 1.807) is 13.8 Å². The normalized spacial score (nSPS) is 14.3. The molecule has 0 saturated heterocycles. The highest BCUT2D eigenvalue weighted by molar-refractivity contribution is 5.79. The predicted octanol–water partition coefficient (Wildman–Crippen LogP) is 0.652. The molecule has 0 aromatic carbocycles. The van der Waals surface area contributed by atoms with E-state index in [2.05, 4.69) is 10.5 Å². The fourth-order valence-corrected chi connectivity index (χ4v) is 0.937. The van der Waals surface area contributed by atoms with E-state index >= 15 is 0 Å². The van der Waals surface area contributed by atoms with Crippen molar-refractivity contribution in [2.24, 2.45) is 10.9 Å². The number of nitrogens with two attached hydrogens (primary N) is 1. The van der Waals surface area contributed by atoms with Crippen LogP contribution in [0, 0.1) is 0 Å². The van der Waals surface area contributed by atoms with Crippen LogP contribution >= 0.6 is 0 Å². The molecule has 0 amide bonds. The molecular formula is C10H23N3O2. The second-order valence-electron chi connectivity index (χ2n) is 4.81. The molecule has 0 bridgehead atoms. The van der Waals surface area contributed by atoms with Crippen molar-refractivity contribution in [3.63, 3.8) is 0 Å². The summed E-state index contributed by atoms with van der Waals surface area (Å²) in [5, 5.41) is 24.3. The number of hydrogen-bond acceptors (Lipinski definition) is 4. The topological polar surface area (TPSA) is 90.9 Å². The summed E-state index contributed by atoms with van der Waals surface area (Å²) in [5.74, 6) is 0.234. The van der Waals surface area contributed by atoms with Gasteiger partial charge in [0.1, 0.15) is 5.84 Å². The molecule has 0 radical (unpaired) electrons. The van der Waals surface area contributed by atoms with Crippen LogP contribution in [0.5, 0.6) is 0 Å². The number of nitrogens with zero attached hydrogens (tertiary/aromatic N) is 1. The molecule has 5 heteroatoms. The number of nitrogens with one attached hydrogen (secondary N) is 1. The molecule has 90 valence electrons. The van der Waals surface area contributed by atoms with Gasteiger partial charge in [0.05, 0.1) is 5.60 Å². The molecule has 0 saturated carbocycles. The van der Waals surface area contributed by atoms with Crippen LogP contribution in [-0.2, 0) is 0 Å². The van der Waals surface area contributed by atoms with Gasteiger partial charge in [-0.25, -0.2) is 0 Å². The molecule has 0 heterocycles. The Labute approximate surface area is 91.4 Å². The second kappa shape index (κ2) is 5.32. The summed E-state index contributed by atoms with van der Waals surface area (Å²) < 4.78 is 0. The zero-order chi connectivity index (χ0) is 12.1. The Balaban J connectivity index is 3.87. The summed E-state index contributed by atoms with van der Waals surface area (Å²) in [6, 6.07) is 0. The first-order chi connectivity index (χ1) is 6.70. The zero-order valence-corrected chi connectivity index (χ0v) is 10.0. The molecule has 0 fully saturated rings. The van der Waals surface area contributed by atoms with Crippen molar-refractivity contribution in [3.8, 4) is 0 Å². The van der Waals surface area contributed by atoms with Gasteiger partial charge in [-0.15, -0.1) is 0 Å². The number of aliphatic hydroxyl groups is 1. The molecule has 0 rings (SSSR count). The van der Waals surface area contributed by atoms with E-state index in [4.69, 9.17) is 10.9 Å². The summed E-state index contributed by atoms with van der Waals surface area (Å²) in [6.07, 6.45) is 1.32. The lowest BCUT2D eigenvalue weighted by atomic mass is 9.86. The molecular weight excluding hydrogens is 194 g/mol. The number of hydrogen-bond donors (Lipinski definition) is 4. The minimum atomic E-state index is -0.788. The van der Waals surface area contributed by atoms with Crippen molar-refractivity contribution in [1.82, 2.24) is 5.32 Å². The second-order valence-corrected chi connectivity index (χ2v) is 4.81. The molecule has 0 aromatic rings. The SMILES string of the molecule is CC(C)(O)C(C)(C)NCCCC(N)=NO. The quantitative estimate of drug-likeness (QED) is 0.173. The molecule has 0 unspecified atom stereocenters. The van der Waals surface area contributed by atoms with Crippen LogP contribution in [0.25, 0.3) is 0 Å². The van der Waals surface area contributed by atoms with Crippen LogP contribution in [-0.4, -0.2) is 33.8 Å². The molecule has 5 nitrogen and oxygen atoms in total. The van der Waals surface area contributed by atoms with Crippen molar-refractivity contribution in [3.05, 3.63) is 0 Å². The van der Waals surface area contributed by atoms with E-state index in [1.165, 1.54) is 0 Å². The monoisotopic (exact) mass is 217 g/mol. The minimum Gasteiger partial charge on any atom is -0.409 e. The maximum atomic E-state index is 9.85. The first-order valence-corrected chi connectivity index (χ1v) is 5.14. The molecule has 0 aliphatic carbocycles. The predicted molar refractivity (Wildman–Crippen MR) is 61.0 cm³/mol. The molecule has 0 aromatic heterocycles. The highest BCUT2D eigenvalue weighted by Crippen LogP contribution is 2.20. The lowest BCUT2D eigenvalue weighted by molar-refractivity contribution is -0.00429. The number of amidine groups is 1. The van der Waals surface area contributed by atoms with Gasteiger partial charge in [-0.1, -0.05) is 5.16 Å². The van der Waals surface area contributed by atoms with E-state index < -0.39 is 5.60 Å². The Hall–Kier alpha value is -0.810. The lowest BCUT2D eigenvalue weighted by Gasteiger charge is -2.38. The average molecular weight is 217 g/mol. The van der Waals surface area contributed by atoms with Crippen LogP contribution in [0.4, 0.5) is 0 Å². The molecule has 5 N–H and O–H groups in total. The highest BCUT2D eigenvalue weighted by atomic mass is 16.4. The van der Waals surface area contributed by atoms with Crippen molar-refractivity contribution in [2.45, 2.75) is 51.7 Å². The van der Waals surface area contributed by atoms with E-state index in [0.717, 1.165) is 6.42 Å². The summed E-state index contributed by atoms with van der Waals surface area (Å²) in [6.45, 7) is 8.13. The van der Waals surface area contributed by atoms with Crippen LogP contribution < -0.4 is 11.1 Å². The zero-order valence-electron chi connectivity index (χ0n) is 10.0. The van der Waals surface area contributed by atoms with Crippen LogP contribution in [0.1, 0.15) is 40.5 Å². The molecule has 0 aliphatic rings. The third-order valence-corrected chi connectivity index (χ3v) is 2.83. The minimum absolute atomic E-state index is 0.234. The standard InChI is InChI=1S/C10H23N3O2/c1-9(2,10(3,4)14)12-7-5-6-8(11)13-15/h12,14-15H,5-7H2,1-4H3,(H2,11,13). The number of oxime groups is 1. The smallest absolute Gasteiger partial charge is 0.139 e. The van der Waals surface area contributed by atoms with E-state index in [1.807, 2.05) is 13.8 Å². The first-order valence-electron chi connectivity index (χ1n) is 5.14. The fraction of sp³-hybridized carbons (Fsp3) is 0.900. The van der Waals surface area contributed by atoms with E-state index in [-0.39, 0.29) is 11.4 Å². The van der Waals surface area contributed by atoms with Gasteiger partial charge in [-0.2, -0.15) is 0 Å². The van der Waals surface area contributed by atoms with Crippen LogP contribution in [0.2, 0.25) is 0 Å². The van der Waals surface area contributed by atoms with Crippen LogP contribution in [0.3, 0.4) is 0 Å². The Morgan fingerprint density at radius 3 is 2.27 bits per heavy atom. The summed E-state index contributed by atoms with van der Waals surface area (Å²) in [7, 11) is 0. The van der Waals surface area contributed by atoms with Gasteiger partial charge < -0.3 is 21.4 Å². The van der Waals surface area contributed by atoms with Crippen molar-refractivity contribution < 1.29 is 10.3 Å².